The molecule has 1 amide bonds. The van der Waals surface area contributed by atoms with E-state index in [1.807, 2.05) is 29.2 Å². The second kappa shape index (κ2) is 6.96. The molecule has 26 heavy (non-hydrogen) atoms. The van der Waals surface area contributed by atoms with Crippen LogP contribution in [0.5, 0.6) is 0 Å². The van der Waals surface area contributed by atoms with Gasteiger partial charge in [-0.2, -0.15) is 10.5 Å². The molecule has 0 spiro atoms. The SMILES string of the molecule is N#CC(=CNc1cccc2c1CN(C1CCCCC1)C2=O)c1nn[nH]n1. The number of benzene rings is 1. The number of rotatable bonds is 4. The molecule has 1 fully saturated rings. The second-order valence-corrected chi connectivity index (χ2v) is 6.61. The number of fused-ring (bicyclic) bond motifs is 1. The molecule has 0 bridgehead atoms. The van der Waals surface area contributed by atoms with Crippen LogP contribution < -0.4 is 5.32 Å². The van der Waals surface area contributed by atoms with Gasteiger partial charge in [0.15, 0.2) is 0 Å². The van der Waals surface area contributed by atoms with Crippen molar-refractivity contribution in [2.45, 2.75) is 44.7 Å². The number of nitrogens with zero attached hydrogens (tertiary/aromatic N) is 5. The Bertz CT molecular complexity index is 875. The first-order valence-corrected chi connectivity index (χ1v) is 8.81. The summed E-state index contributed by atoms with van der Waals surface area (Å²) in [4.78, 5) is 14.8. The molecule has 1 aromatic heterocycles. The number of hydrogen-bond donors (Lipinski definition) is 2. The maximum Gasteiger partial charge on any atom is 0.254 e. The summed E-state index contributed by atoms with van der Waals surface area (Å²) in [6.45, 7) is 0.611. The predicted octanol–water partition coefficient (Wildman–Crippen LogP) is 2.46. The number of nitrogens with one attached hydrogen (secondary N) is 2. The highest BCUT2D eigenvalue weighted by Gasteiger charge is 2.34. The number of nitriles is 1. The van der Waals surface area contributed by atoms with Crippen molar-refractivity contribution in [2.24, 2.45) is 0 Å². The van der Waals surface area contributed by atoms with Crippen molar-refractivity contribution in [1.29, 1.82) is 5.26 Å². The van der Waals surface area contributed by atoms with Gasteiger partial charge in [-0.3, -0.25) is 4.79 Å². The first kappa shape index (κ1) is 16.3. The van der Waals surface area contributed by atoms with Crippen LogP contribution in [0.25, 0.3) is 5.57 Å². The third kappa shape index (κ3) is 2.92. The zero-order chi connectivity index (χ0) is 17.9. The number of amides is 1. The summed E-state index contributed by atoms with van der Waals surface area (Å²) in [7, 11) is 0. The quantitative estimate of drug-likeness (QED) is 0.820. The van der Waals surface area contributed by atoms with E-state index in [0.29, 0.717) is 12.6 Å². The lowest BCUT2D eigenvalue weighted by Crippen LogP contribution is -2.36. The minimum atomic E-state index is 0.109. The van der Waals surface area contributed by atoms with Crippen LogP contribution in [0.4, 0.5) is 5.69 Å². The van der Waals surface area contributed by atoms with Crippen molar-refractivity contribution in [3.8, 4) is 6.07 Å². The summed E-state index contributed by atoms with van der Waals surface area (Å²) in [6, 6.07) is 8.03. The molecule has 2 aliphatic rings. The van der Waals surface area contributed by atoms with Crippen LogP contribution in [0, 0.1) is 11.3 Å². The Hall–Kier alpha value is -3.21. The molecular formula is C18H19N7O. The van der Waals surface area contributed by atoms with Crippen LogP contribution >= 0.6 is 0 Å². The molecule has 132 valence electrons. The van der Waals surface area contributed by atoms with Gasteiger partial charge in [0.05, 0.1) is 0 Å². The number of anilines is 1. The van der Waals surface area contributed by atoms with Gasteiger partial charge in [0.2, 0.25) is 5.82 Å². The summed E-state index contributed by atoms with van der Waals surface area (Å²) in [5, 5.41) is 25.9. The van der Waals surface area contributed by atoms with Gasteiger partial charge in [0, 0.05) is 35.6 Å². The van der Waals surface area contributed by atoms with Gasteiger partial charge in [0.25, 0.3) is 5.91 Å². The second-order valence-electron chi connectivity index (χ2n) is 6.61. The lowest BCUT2D eigenvalue weighted by molar-refractivity contribution is 0.0660. The molecule has 1 aromatic carbocycles. The van der Waals surface area contributed by atoms with E-state index in [4.69, 9.17) is 0 Å². The molecule has 1 aliphatic heterocycles. The van der Waals surface area contributed by atoms with E-state index in [9.17, 15) is 10.1 Å². The van der Waals surface area contributed by atoms with Crippen molar-refractivity contribution in [1.82, 2.24) is 25.5 Å². The molecule has 2 heterocycles. The first-order chi connectivity index (χ1) is 12.8. The van der Waals surface area contributed by atoms with Crippen LogP contribution in [0.3, 0.4) is 0 Å². The number of tetrazole rings is 1. The first-order valence-electron chi connectivity index (χ1n) is 8.81. The van der Waals surface area contributed by atoms with E-state index in [0.717, 1.165) is 29.7 Å². The third-order valence-electron chi connectivity index (χ3n) is 5.09. The normalized spacial score (nSPS) is 17.9. The van der Waals surface area contributed by atoms with Gasteiger partial charge in [0.1, 0.15) is 11.6 Å². The standard InChI is InChI=1S/C18H19N7O/c19-9-12(17-21-23-24-22-17)10-20-16-8-4-7-14-15(16)11-25(18(14)26)13-5-2-1-3-6-13/h4,7-8,10,13,20H,1-3,5-6,11H2,(H,21,22,23,24). The minimum absolute atomic E-state index is 0.109. The Balaban J connectivity index is 1.58. The summed E-state index contributed by atoms with van der Waals surface area (Å²) in [6.07, 6.45) is 7.35. The minimum Gasteiger partial charge on any atom is -0.360 e. The van der Waals surface area contributed by atoms with E-state index in [2.05, 4.69) is 25.9 Å². The van der Waals surface area contributed by atoms with E-state index in [1.165, 1.54) is 19.3 Å². The van der Waals surface area contributed by atoms with Gasteiger partial charge in [-0.05, 0) is 30.2 Å². The average Bonchev–Trinajstić information content (AvgIpc) is 3.32. The summed E-state index contributed by atoms with van der Waals surface area (Å²) in [5.41, 5.74) is 2.81. The average molecular weight is 349 g/mol. The molecule has 2 N–H and O–H groups in total. The molecule has 0 saturated heterocycles. The van der Waals surface area contributed by atoms with Crippen molar-refractivity contribution in [2.75, 3.05) is 5.32 Å². The van der Waals surface area contributed by atoms with Crippen molar-refractivity contribution in [3.05, 3.63) is 41.4 Å². The summed E-state index contributed by atoms with van der Waals surface area (Å²) >= 11 is 0. The Morgan fingerprint density at radius 3 is 2.92 bits per heavy atom. The zero-order valence-electron chi connectivity index (χ0n) is 14.3. The topological polar surface area (TPSA) is 111 Å². The smallest absolute Gasteiger partial charge is 0.254 e. The van der Waals surface area contributed by atoms with Crippen molar-refractivity contribution in [3.63, 3.8) is 0 Å². The highest BCUT2D eigenvalue weighted by Crippen LogP contribution is 2.34. The number of aromatic nitrogens is 4. The van der Waals surface area contributed by atoms with Gasteiger partial charge in [-0.25, -0.2) is 0 Å². The van der Waals surface area contributed by atoms with E-state index >= 15 is 0 Å². The molecule has 0 radical (unpaired) electrons. The molecule has 8 heteroatoms. The largest absolute Gasteiger partial charge is 0.360 e. The Kier molecular flexibility index (Phi) is 4.35. The third-order valence-corrected chi connectivity index (χ3v) is 5.09. The molecule has 4 rings (SSSR count). The van der Waals surface area contributed by atoms with Crippen LogP contribution in [0.1, 0.15) is 53.8 Å². The molecule has 0 atom stereocenters. The fourth-order valence-corrected chi connectivity index (χ4v) is 3.75. The maximum atomic E-state index is 12.8. The van der Waals surface area contributed by atoms with E-state index in [1.54, 1.807) is 6.20 Å². The Labute approximate surface area is 150 Å². The molecule has 8 nitrogen and oxygen atoms in total. The van der Waals surface area contributed by atoms with Crippen LogP contribution in [-0.4, -0.2) is 37.5 Å². The molecule has 1 saturated carbocycles. The van der Waals surface area contributed by atoms with Gasteiger partial charge >= 0.3 is 0 Å². The molecule has 0 unspecified atom stereocenters. The Morgan fingerprint density at radius 1 is 1.35 bits per heavy atom. The number of carbonyl (C=O) groups excluding carboxylic acids is 1. The monoisotopic (exact) mass is 349 g/mol. The number of hydrogen-bond acceptors (Lipinski definition) is 6. The Morgan fingerprint density at radius 2 is 2.19 bits per heavy atom. The van der Waals surface area contributed by atoms with Crippen LogP contribution in [0.15, 0.2) is 24.4 Å². The molecule has 1 aliphatic carbocycles. The number of aromatic amines is 1. The van der Waals surface area contributed by atoms with Gasteiger partial charge in [-0.1, -0.05) is 25.3 Å². The number of H-pyrrole nitrogens is 1. The lowest BCUT2D eigenvalue weighted by atomic mass is 9.94. The van der Waals surface area contributed by atoms with Crippen molar-refractivity contribution < 1.29 is 4.79 Å². The van der Waals surface area contributed by atoms with Crippen LogP contribution in [-0.2, 0) is 6.54 Å². The number of carbonyl (C=O) groups is 1. The number of allylic oxidation sites excluding steroid dienone is 1. The molecule has 2 aromatic rings. The highest BCUT2D eigenvalue weighted by atomic mass is 16.2. The predicted molar refractivity (Wildman–Crippen MR) is 94.6 cm³/mol. The highest BCUT2D eigenvalue weighted by molar-refractivity contribution is 6.00. The van der Waals surface area contributed by atoms with Crippen LogP contribution in [0.2, 0.25) is 0 Å². The summed E-state index contributed by atoms with van der Waals surface area (Å²) < 4.78 is 0. The zero-order valence-corrected chi connectivity index (χ0v) is 14.3. The van der Waals surface area contributed by atoms with Crippen molar-refractivity contribution >= 4 is 17.2 Å². The fraction of sp³-hybridized carbons (Fsp3) is 0.389. The van der Waals surface area contributed by atoms with Gasteiger partial charge < -0.3 is 10.2 Å². The lowest BCUT2D eigenvalue weighted by Gasteiger charge is -2.30. The van der Waals surface area contributed by atoms with E-state index < -0.39 is 0 Å². The maximum absolute atomic E-state index is 12.8. The molecular weight excluding hydrogens is 330 g/mol. The summed E-state index contributed by atoms with van der Waals surface area (Å²) in [5.74, 6) is 0.339. The fourth-order valence-electron chi connectivity index (χ4n) is 3.75. The van der Waals surface area contributed by atoms with Gasteiger partial charge in [-0.15, -0.1) is 10.2 Å². The van der Waals surface area contributed by atoms with E-state index in [-0.39, 0.29) is 17.3 Å².